The Labute approximate surface area is 133 Å². The van der Waals surface area contributed by atoms with Gasteiger partial charge in [-0.15, -0.1) is 11.3 Å². The van der Waals surface area contributed by atoms with Gasteiger partial charge in [-0.25, -0.2) is 4.39 Å². The summed E-state index contributed by atoms with van der Waals surface area (Å²) in [5.41, 5.74) is 3.24. The number of halogens is 3. The minimum atomic E-state index is -0.193. The Hall–Kier alpha value is -0.230. The van der Waals surface area contributed by atoms with Gasteiger partial charge in [-0.3, -0.25) is 0 Å². The van der Waals surface area contributed by atoms with Gasteiger partial charge in [-0.1, -0.05) is 13.0 Å². The van der Waals surface area contributed by atoms with Gasteiger partial charge in [0, 0.05) is 0 Å². The van der Waals surface area contributed by atoms with Crippen molar-refractivity contribution < 1.29 is 4.39 Å². The average Bonchev–Trinajstić information content (AvgIpc) is 2.66. The van der Waals surface area contributed by atoms with Crippen LogP contribution in [0, 0.1) is 12.7 Å². The van der Waals surface area contributed by atoms with Crippen molar-refractivity contribution in [2.45, 2.75) is 19.9 Å². The molecule has 0 aliphatic carbocycles. The van der Waals surface area contributed by atoms with Crippen LogP contribution in [0.2, 0.25) is 0 Å². The first-order valence-electron chi connectivity index (χ1n) is 5.97. The van der Waals surface area contributed by atoms with Crippen molar-refractivity contribution in [3.05, 3.63) is 54.3 Å². The third-order valence-electron chi connectivity index (χ3n) is 2.95. The first-order chi connectivity index (χ1) is 9.02. The molecule has 2 rings (SSSR count). The minimum Gasteiger partial charge on any atom is -0.306 e. The third kappa shape index (κ3) is 3.45. The summed E-state index contributed by atoms with van der Waals surface area (Å²) in [6.07, 6.45) is 0. The van der Waals surface area contributed by atoms with Crippen LogP contribution >= 0.6 is 43.2 Å². The van der Waals surface area contributed by atoms with Crippen molar-refractivity contribution in [3.8, 4) is 0 Å². The normalized spacial score (nSPS) is 12.7. The summed E-state index contributed by atoms with van der Waals surface area (Å²) in [6.45, 7) is 4.86. The zero-order valence-electron chi connectivity index (χ0n) is 10.6. The summed E-state index contributed by atoms with van der Waals surface area (Å²) >= 11 is 8.75. The van der Waals surface area contributed by atoms with E-state index in [4.69, 9.17) is 0 Å². The Balaban J connectivity index is 2.48. The van der Waals surface area contributed by atoms with Crippen LogP contribution in [-0.4, -0.2) is 6.54 Å². The predicted molar refractivity (Wildman–Crippen MR) is 86.4 cm³/mol. The maximum atomic E-state index is 13.2. The third-order valence-corrected chi connectivity index (χ3v) is 5.33. The second-order valence-electron chi connectivity index (χ2n) is 4.27. The highest BCUT2D eigenvalue weighted by Gasteiger charge is 2.20. The minimum absolute atomic E-state index is 0.0718. The Bertz CT molecular complexity index is 583. The molecule has 0 aliphatic rings. The highest BCUT2D eigenvalue weighted by Crippen LogP contribution is 2.38. The summed E-state index contributed by atoms with van der Waals surface area (Å²) in [6, 6.07) is 7.13. The lowest BCUT2D eigenvalue weighted by atomic mass is 9.97. The van der Waals surface area contributed by atoms with Gasteiger partial charge in [0.05, 0.1) is 13.6 Å². The highest BCUT2D eigenvalue weighted by molar-refractivity contribution is 9.12. The standard InChI is InChI=1S/C14H14Br2FNS/c1-3-18-13(11-7-12(15)19-14(11)16)10-5-4-9(17)6-8(10)2/h4-7,13,18H,3H2,1-2H3. The van der Waals surface area contributed by atoms with E-state index in [9.17, 15) is 4.39 Å². The fourth-order valence-corrected chi connectivity index (χ4v) is 5.01. The van der Waals surface area contributed by atoms with Crippen molar-refractivity contribution in [2.75, 3.05) is 6.54 Å². The molecule has 19 heavy (non-hydrogen) atoms. The van der Waals surface area contributed by atoms with Gasteiger partial charge >= 0.3 is 0 Å². The Kier molecular flexibility index (Phi) is 5.17. The number of thiophene rings is 1. The van der Waals surface area contributed by atoms with E-state index < -0.39 is 0 Å². The molecule has 0 saturated carbocycles. The van der Waals surface area contributed by atoms with E-state index in [-0.39, 0.29) is 11.9 Å². The van der Waals surface area contributed by atoms with Crippen LogP contribution in [0.3, 0.4) is 0 Å². The van der Waals surface area contributed by atoms with Crippen molar-refractivity contribution in [3.63, 3.8) is 0 Å². The molecule has 1 aromatic carbocycles. The molecule has 1 atom stereocenters. The van der Waals surface area contributed by atoms with Crippen LogP contribution in [0.4, 0.5) is 4.39 Å². The molecule has 1 aromatic heterocycles. The fourth-order valence-electron chi connectivity index (χ4n) is 2.10. The molecule has 0 saturated heterocycles. The lowest BCUT2D eigenvalue weighted by Gasteiger charge is -2.20. The van der Waals surface area contributed by atoms with Gasteiger partial charge in [-0.05, 0) is 80.2 Å². The van der Waals surface area contributed by atoms with Gasteiger partial charge in [0.1, 0.15) is 5.82 Å². The van der Waals surface area contributed by atoms with E-state index in [1.807, 2.05) is 13.0 Å². The zero-order valence-corrected chi connectivity index (χ0v) is 14.6. The van der Waals surface area contributed by atoms with Crippen molar-refractivity contribution in [2.24, 2.45) is 0 Å². The maximum Gasteiger partial charge on any atom is 0.123 e. The molecular formula is C14H14Br2FNS. The Morgan fingerprint density at radius 1 is 1.26 bits per heavy atom. The molecule has 0 spiro atoms. The van der Waals surface area contributed by atoms with Gasteiger partial charge < -0.3 is 5.32 Å². The molecule has 1 nitrogen and oxygen atoms in total. The molecule has 0 fully saturated rings. The summed E-state index contributed by atoms with van der Waals surface area (Å²) in [5.74, 6) is -0.193. The van der Waals surface area contributed by atoms with Gasteiger partial charge in [-0.2, -0.15) is 0 Å². The largest absolute Gasteiger partial charge is 0.306 e. The number of rotatable bonds is 4. The number of benzene rings is 1. The monoisotopic (exact) mass is 405 g/mol. The summed E-state index contributed by atoms with van der Waals surface area (Å²) < 4.78 is 15.4. The van der Waals surface area contributed by atoms with Crippen LogP contribution in [0.1, 0.15) is 29.7 Å². The second kappa shape index (κ2) is 6.48. The molecule has 1 heterocycles. The quantitative estimate of drug-likeness (QED) is 0.714. The number of hydrogen-bond donors (Lipinski definition) is 1. The van der Waals surface area contributed by atoms with Crippen molar-refractivity contribution in [1.82, 2.24) is 5.32 Å². The molecule has 5 heteroatoms. The zero-order chi connectivity index (χ0) is 14.0. The van der Waals surface area contributed by atoms with Gasteiger partial charge in [0.25, 0.3) is 0 Å². The van der Waals surface area contributed by atoms with Crippen LogP contribution in [0.5, 0.6) is 0 Å². The van der Waals surface area contributed by atoms with Crippen LogP contribution in [0.25, 0.3) is 0 Å². The Morgan fingerprint density at radius 3 is 2.53 bits per heavy atom. The highest BCUT2D eigenvalue weighted by atomic mass is 79.9. The Morgan fingerprint density at radius 2 is 2.00 bits per heavy atom. The van der Waals surface area contributed by atoms with E-state index in [2.05, 4.69) is 50.2 Å². The molecule has 0 bridgehead atoms. The maximum absolute atomic E-state index is 13.2. The van der Waals surface area contributed by atoms with Crippen LogP contribution < -0.4 is 5.32 Å². The molecule has 0 radical (unpaired) electrons. The van der Waals surface area contributed by atoms with Crippen molar-refractivity contribution in [1.29, 1.82) is 0 Å². The smallest absolute Gasteiger partial charge is 0.123 e. The number of hydrogen-bond acceptors (Lipinski definition) is 2. The summed E-state index contributed by atoms with van der Waals surface area (Å²) in [7, 11) is 0. The van der Waals surface area contributed by atoms with Gasteiger partial charge in [0.2, 0.25) is 0 Å². The summed E-state index contributed by atoms with van der Waals surface area (Å²) in [5, 5.41) is 3.46. The van der Waals surface area contributed by atoms with E-state index in [1.54, 1.807) is 17.4 Å². The molecule has 0 aliphatic heterocycles. The molecule has 1 unspecified atom stereocenters. The van der Waals surface area contributed by atoms with Gasteiger partial charge in [0.15, 0.2) is 0 Å². The molecule has 1 N–H and O–H groups in total. The van der Waals surface area contributed by atoms with Crippen LogP contribution in [-0.2, 0) is 0 Å². The second-order valence-corrected chi connectivity index (χ2v) is 8.02. The first-order valence-corrected chi connectivity index (χ1v) is 8.37. The lowest BCUT2D eigenvalue weighted by molar-refractivity contribution is 0.610. The van der Waals surface area contributed by atoms with Crippen LogP contribution in [0.15, 0.2) is 31.8 Å². The van der Waals surface area contributed by atoms with E-state index in [0.29, 0.717) is 0 Å². The molecule has 0 amide bonds. The number of nitrogens with one attached hydrogen (secondary N) is 1. The van der Waals surface area contributed by atoms with E-state index in [0.717, 1.165) is 25.2 Å². The molecule has 2 aromatic rings. The number of aryl methyl sites for hydroxylation is 1. The summed E-state index contributed by atoms with van der Waals surface area (Å²) in [4.78, 5) is 0. The topological polar surface area (TPSA) is 12.0 Å². The predicted octanol–water partition coefficient (Wildman–Crippen LogP) is 5.42. The van der Waals surface area contributed by atoms with E-state index in [1.165, 1.54) is 11.6 Å². The fraction of sp³-hybridized carbons (Fsp3) is 0.286. The molecule has 102 valence electrons. The average molecular weight is 407 g/mol. The van der Waals surface area contributed by atoms with Crippen molar-refractivity contribution >= 4 is 43.2 Å². The SMILES string of the molecule is CCNC(c1ccc(F)cc1C)c1cc(Br)sc1Br. The van der Waals surface area contributed by atoms with E-state index >= 15 is 0 Å². The lowest BCUT2D eigenvalue weighted by Crippen LogP contribution is -2.22. The first kappa shape index (κ1) is 15.2. The molecular weight excluding hydrogens is 393 g/mol.